The van der Waals surface area contributed by atoms with Gasteiger partial charge in [0.1, 0.15) is 5.82 Å². The van der Waals surface area contributed by atoms with Gasteiger partial charge < -0.3 is 10.2 Å². The van der Waals surface area contributed by atoms with Crippen molar-refractivity contribution in [3.05, 3.63) is 34.1 Å². The van der Waals surface area contributed by atoms with Gasteiger partial charge >= 0.3 is 0 Å². The van der Waals surface area contributed by atoms with E-state index in [1.807, 2.05) is 11.0 Å². The second kappa shape index (κ2) is 5.82. The molecule has 3 nitrogen and oxygen atoms in total. The van der Waals surface area contributed by atoms with Crippen molar-refractivity contribution < 1.29 is 9.18 Å². The van der Waals surface area contributed by atoms with Crippen molar-refractivity contribution in [2.24, 2.45) is 5.92 Å². The number of benzene rings is 1. The number of nitrogens with one attached hydrogen (secondary N) is 1. The third-order valence-electron chi connectivity index (χ3n) is 4.29. The quantitative estimate of drug-likeness (QED) is 0.897. The van der Waals surface area contributed by atoms with Gasteiger partial charge in [0.05, 0.1) is 0 Å². The zero-order valence-electron chi connectivity index (χ0n) is 11.2. The predicted octanol–water partition coefficient (Wildman–Crippen LogP) is 2.69. The fraction of sp³-hybridized carbons (Fsp3) is 0.533. The van der Waals surface area contributed by atoms with Crippen molar-refractivity contribution >= 4 is 21.8 Å². The lowest BCUT2D eigenvalue weighted by molar-refractivity contribution is -0.140. The van der Waals surface area contributed by atoms with Crippen LogP contribution in [0.25, 0.3) is 0 Å². The van der Waals surface area contributed by atoms with Gasteiger partial charge in [-0.2, -0.15) is 0 Å². The molecule has 3 rings (SSSR count). The maximum absolute atomic E-state index is 13.5. The average molecular weight is 341 g/mol. The van der Waals surface area contributed by atoms with Crippen LogP contribution in [0.5, 0.6) is 0 Å². The lowest BCUT2D eigenvalue weighted by Gasteiger charge is -2.44. The van der Waals surface area contributed by atoms with Gasteiger partial charge in [-0.05, 0) is 55.6 Å². The molecule has 20 heavy (non-hydrogen) atoms. The first-order valence-corrected chi connectivity index (χ1v) is 7.88. The lowest BCUT2D eigenvalue weighted by Crippen LogP contribution is -2.54. The highest BCUT2D eigenvalue weighted by Gasteiger charge is 2.36. The minimum Gasteiger partial charge on any atom is -0.335 e. The zero-order valence-corrected chi connectivity index (χ0v) is 12.8. The Balaban J connectivity index is 1.81. The van der Waals surface area contributed by atoms with E-state index in [1.54, 1.807) is 0 Å². The van der Waals surface area contributed by atoms with E-state index in [0.29, 0.717) is 24.9 Å². The summed E-state index contributed by atoms with van der Waals surface area (Å²) in [7, 11) is 0. The van der Waals surface area contributed by atoms with Gasteiger partial charge in [0, 0.05) is 23.5 Å². The zero-order chi connectivity index (χ0) is 14.1. The smallest absolute Gasteiger partial charge is 0.223 e. The van der Waals surface area contributed by atoms with E-state index in [-0.39, 0.29) is 11.7 Å². The normalized spacial score (nSPS) is 26.5. The Hall–Kier alpha value is -0.940. The van der Waals surface area contributed by atoms with Crippen molar-refractivity contribution in [2.45, 2.75) is 31.8 Å². The average Bonchev–Trinajstić information content (AvgIpc) is 2.41. The maximum Gasteiger partial charge on any atom is 0.223 e. The van der Waals surface area contributed by atoms with Gasteiger partial charge in [-0.15, -0.1) is 0 Å². The maximum atomic E-state index is 13.5. The number of nitrogens with zero attached hydrogens (tertiary/aromatic N) is 1. The van der Waals surface area contributed by atoms with Crippen molar-refractivity contribution in [2.75, 3.05) is 13.1 Å². The largest absolute Gasteiger partial charge is 0.335 e. The van der Waals surface area contributed by atoms with Crippen LogP contribution in [0.2, 0.25) is 0 Å². The molecule has 1 N–H and O–H groups in total. The summed E-state index contributed by atoms with van der Waals surface area (Å²) in [6, 6.07) is 5.15. The number of rotatable bonds is 2. The van der Waals surface area contributed by atoms with Crippen LogP contribution < -0.4 is 5.32 Å². The van der Waals surface area contributed by atoms with E-state index in [9.17, 15) is 9.18 Å². The summed E-state index contributed by atoms with van der Waals surface area (Å²) in [4.78, 5) is 14.2. The van der Waals surface area contributed by atoms with Crippen LogP contribution in [-0.4, -0.2) is 29.9 Å². The molecule has 108 valence electrons. The van der Waals surface area contributed by atoms with Crippen molar-refractivity contribution in [3.63, 3.8) is 0 Å². The minimum absolute atomic E-state index is 0.202. The molecule has 0 aromatic heterocycles. The number of carbonyl (C=O) groups is 1. The lowest BCUT2D eigenvalue weighted by atomic mass is 9.84. The highest BCUT2D eigenvalue weighted by atomic mass is 79.9. The molecule has 2 atom stereocenters. The van der Waals surface area contributed by atoms with E-state index < -0.39 is 0 Å². The second-order valence-corrected chi connectivity index (χ2v) is 6.57. The number of hydrogen-bond donors (Lipinski definition) is 1. The molecule has 0 bridgehead atoms. The Morgan fingerprint density at radius 3 is 3.00 bits per heavy atom. The third kappa shape index (κ3) is 2.88. The molecule has 2 heterocycles. The predicted molar refractivity (Wildman–Crippen MR) is 78.6 cm³/mol. The van der Waals surface area contributed by atoms with Crippen LogP contribution in [0.1, 0.15) is 24.8 Å². The molecule has 2 fully saturated rings. The summed E-state index contributed by atoms with van der Waals surface area (Å²) in [5, 5.41) is 3.40. The molecule has 5 heteroatoms. The van der Waals surface area contributed by atoms with Gasteiger partial charge in [-0.3, -0.25) is 4.79 Å². The third-order valence-corrected chi connectivity index (χ3v) is 4.75. The number of likely N-dealkylation sites (tertiary alicyclic amines) is 1. The molecule has 0 aliphatic carbocycles. The molecule has 2 aliphatic heterocycles. The summed E-state index contributed by atoms with van der Waals surface area (Å²) in [5.74, 6) is 0.479. The van der Waals surface area contributed by atoms with Gasteiger partial charge in [0.15, 0.2) is 0 Å². The molecule has 0 saturated carbocycles. The summed E-state index contributed by atoms with van der Waals surface area (Å²) in [6.45, 7) is 2.45. The fourth-order valence-electron chi connectivity index (χ4n) is 3.36. The Morgan fingerprint density at radius 2 is 2.20 bits per heavy atom. The van der Waals surface area contributed by atoms with E-state index >= 15 is 0 Å². The first kappa shape index (κ1) is 14.0. The van der Waals surface area contributed by atoms with Gasteiger partial charge in [-0.25, -0.2) is 4.39 Å². The number of piperidine rings is 2. The SMILES string of the molecule is O=C1CCC2CNCCC2N1Cc1cc(F)cc(Br)c1. The summed E-state index contributed by atoms with van der Waals surface area (Å²) in [6.07, 6.45) is 2.58. The molecule has 2 aliphatic rings. The number of amides is 1. The number of fused-ring (bicyclic) bond motifs is 1. The van der Waals surface area contributed by atoms with E-state index in [4.69, 9.17) is 0 Å². The first-order valence-electron chi connectivity index (χ1n) is 7.08. The highest BCUT2D eigenvalue weighted by Crippen LogP contribution is 2.30. The molecule has 2 unspecified atom stereocenters. The summed E-state index contributed by atoms with van der Waals surface area (Å²) >= 11 is 3.31. The van der Waals surface area contributed by atoms with Crippen LogP contribution in [0.3, 0.4) is 0 Å². The van der Waals surface area contributed by atoms with Crippen molar-refractivity contribution in [1.82, 2.24) is 10.2 Å². The number of halogens is 2. The summed E-state index contributed by atoms with van der Waals surface area (Å²) in [5.41, 5.74) is 0.851. The van der Waals surface area contributed by atoms with E-state index in [2.05, 4.69) is 21.2 Å². The molecule has 1 aromatic rings. The standard InChI is InChI=1S/C15H18BrFN2O/c16-12-5-10(6-13(17)7-12)9-19-14-3-4-18-8-11(14)1-2-15(19)20/h5-7,11,14,18H,1-4,8-9H2. The van der Waals surface area contributed by atoms with Crippen LogP contribution >= 0.6 is 15.9 Å². The van der Waals surface area contributed by atoms with E-state index in [0.717, 1.165) is 36.0 Å². The van der Waals surface area contributed by atoms with Crippen LogP contribution in [0.15, 0.2) is 22.7 Å². The van der Waals surface area contributed by atoms with Crippen molar-refractivity contribution in [1.29, 1.82) is 0 Å². The molecule has 1 amide bonds. The molecule has 2 saturated heterocycles. The molecule has 0 spiro atoms. The molecule has 1 aromatic carbocycles. The molecular weight excluding hydrogens is 323 g/mol. The van der Waals surface area contributed by atoms with Gasteiger partial charge in [-0.1, -0.05) is 15.9 Å². The van der Waals surface area contributed by atoms with Gasteiger partial charge in [0.25, 0.3) is 0 Å². The monoisotopic (exact) mass is 340 g/mol. The number of carbonyl (C=O) groups excluding carboxylic acids is 1. The Bertz CT molecular complexity index is 502. The first-order chi connectivity index (χ1) is 9.63. The van der Waals surface area contributed by atoms with E-state index in [1.165, 1.54) is 12.1 Å². The topological polar surface area (TPSA) is 32.3 Å². The number of hydrogen-bond acceptors (Lipinski definition) is 2. The van der Waals surface area contributed by atoms with Crippen LogP contribution in [0, 0.1) is 11.7 Å². The van der Waals surface area contributed by atoms with Crippen LogP contribution in [0.4, 0.5) is 4.39 Å². The van der Waals surface area contributed by atoms with Crippen LogP contribution in [-0.2, 0) is 11.3 Å². The fourth-order valence-corrected chi connectivity index (χ4v) is 3.87. The minimum atomic E-state index is -0.263. The highest BCUT2D eigenvalue weighted by molar-refractivity contribution is 9.10. The van der Waals surface area contributed by atoms with Crippen molar-refractivity contribution in [3.8, 4) is 0 Å². The Labute approximate surface area is 126 Å². The molecule has 0 radical (unpaired) electrons. The Kier molecular flexibility index (Phi) is 4.08. The molecular formula is C15H18BrFN2O. The second-order valence-electron chi connectivity index (χ2n) is 5.66. The summed E-state index contributed by atoms with van der Waals surface area (Å²) < 4.78 is 14.2. The van der Waals surface area contributed by atoms with Gasteiger partial charge in [0.2, 0.25) is 5.91 Å². The Morgan fingerprint density at radius 1 is 1.35 bits per heavy atom.